The van der Waals surface area contributed by atoms with Crippen molar-refractivity contribution in [2.75, 3.05) is 20.3 Å². The molecule has 0 amide bonds. The summed E-state index contributed by atoms with van der Waals surface area (Å²) in [5.74, 6) is 0.809. The Hall–Kier alpha value is -0.869. The Morgan fingerprint density at radius 2 is 1.43 bits per heavy atom. The van der Waals surface area contributed by atoms with Crippen LogP contribution in [0.4, 0.5) is 0 Å². The highest BCUT2D eigenvalue weighted by Gasteiger charge is 2.65. The quantitative estimate of drug-likeness (QED) is 0.0457. The topological polar surface area (TPSA) is 133 Å². The van der Waals surface area contributed by atoms with Gasteiger partial charge in [-0.2, -0.15) is 0 Å². The van der Waals surface area contributed by atoms with Crippen molar-refractivity contribution in [2.45, 2.75) is 305 Å². The number of methoxy groups -OCH3 is 1. The maximum Gasteiger partial charge on any atom is 0.192 e. The first kappa shape index (κ1) is 65.3. The highest BCUT2D eigenvalue weighted by molar-refractivity contribution is 6.74. The SMILES string of the molecule is C=CCC(O)CC[C@H](C[C@H]1OC(CC[C@@H]2OC3C(C[C@@]45COC6C[C@@H](O[C@@H](CC=C)C6O[Si](CC)(CC)CC)C(O4)C(O)C5)C3C2=C)CC(C)C1=C)O[C@H](CC(CO[Si](CC)(CC)CC)O[Si](CC)(CC)CC)[C@@H](C)OC. The minimum Gasteiger partial charge on any atom is -0.414 e. The maximum atomic E-state index is 11.6. The van der Waals surface area contributed by atoms with Crippen molar-refractivity contribution >= 4 is 25.0 Å². The van der Waals surface area contributed by atoms with Crippen LogP contribution >= 0.6 is 0 Å². The monoisotopic (exact) mass is 1130 g/mol. The van der Waals surface area contributed by atoms with Gasteiger partial charge in [0.2, 0.25) is 0 Å². The van der Waals surface area contributed by atoms with Crippen LogP contribution in [0.5, 0.6) is 0 Å². The summed E-state index contributed by atoms with van der Waals surface area (Å²) in [6.07, 6.45) is 8.87. The summed E-state index contributed by atoms with van der Waals surface area (Å²) >= 11 is 0. The molecule has 0 aromatic carbocycles. The summed E-state index contributed by atoms with van der Waals surface area (Å²) in [4.78, 5) is 0. The standard InChI is InChI=1S/C62H112O12Si3/c1-17-28-46(63)30-31-48(69-55(45(15)65-16)36-49(73-76(22-6,23-7)24-8)40-67-75(19-3,20-4)21-5)35-54-43(13)42(12)34-47(68-54)32-33-52-44(14)58-50(59(58)71-52)38-62-39-51(64)60(72-62)57-37-56(66-41-62)61(53(70-57)29-18-2)74-77(25-9,26-10)27-11/h17-18,42,45-61,63-64H,1-2,13-14,19-41H2,3-12,15-16H3/t42?,45-,46?,47?,48-,49?,50?,51?,52+,53+,54-,55-,56?,57-,58?,59?,60?,61?,62-/m1/s1. The molecule has 1 aliphatic carbocycles. The molecule has 2 N–H and O–H groups in total. The summed E-state index contributed by atoms with van der Waals surface area (Å²) in [5, 5.41) is 22.6. The van der Waals surface area contributed by atoms with E-state index in [2.05, 4.69) is 102 Å². The van der Waals surface area contributed by atoms with Gasteiger partial charge in [-0.05, 0) is 136 Å². The molecule has 0 aromatic rings. The zero-order chi connectivity index (χ0) is 56.3. The molecule has 12 nitrogen and oxygen atoms in total. The first-order valence-corrected chi connectivity index (χ1v) is 38.8. The molecule has 6 fully saturated rings. The Bertz CT molecular complexity index is 1820. The molecule has 0 spiro atoms. The Morgan fingerprint density at radius 1 is 0.766 bits per heavy atom. The third-order valence-corrected chi connectivity index (χ3v) is 34.5. The van der Waals surface area contributed by atoms with Crippen LogP contribution in [0.1, 0.15) is 153 Å². The predicted molar refractivity (Wildman–Crippen MR) is 318 cm³/mol. The van der Waals surface area contributed by atoms with Crippen molar-refractivity contribution < 1.29 is 56.6 Å². The zero-order valence-electron chi connectivity index (χ0n) is 50.6. The Labute approximate surface area is 471 Å². The Kier molecular flexibility index (Phi) is 25.1. The number of aliphatic hydroxyl groups excluding tert-OH is 2. The van der Waals surface area contributed by atoms with E-state index in [0.29, 0.717) is 64.6 Å². The lowest BCUT2D eigenvalue weighted by Gasteiger charge is -2.48. The minimum absolute atomic E-state index is 0.0298. The molecule has 19 atom stereocenters. The van der Waals surface area contributed by atoms with Gasteiger partial charge in [-0.25, -0.2) is 0 Å². The number of hydrogen-bond acceptors (Lipinski definition) is 12. The van der Waals surface area contributed by atoms with Crippen LogP contribution < -0.4 is 0 Å². The lowest BCUT2D eigenvalue weighted by atomic mass is 9.84. The van der Waals surface area contributed by atoms with E-state index in [4.69, 9.17) is 46.4 Å². The van der Waals surface area contributed by atoms with Gasteiger partial charge in [-0.1, -0.05) is 94.5 Å². The number of rotatable bonds is 36. The van der Waals surface area contributed by atoms with Crippen LogP contribution in [-0.4, -0.2) is 153 Å². The van der Waals surface area contributed by atoms with Crippen LogP contribution in [-0.2, 0) is 46.4 Å². The van der Waals surface area contributed by atoms with Crippen molar-refractivity contribution in [2.24, 2.45) is 17.8 Å². The molecule has 4 bridgehead atoms. The molecule has 6 rings (SSSR count). The summed E-state index contributed by atoms with van der Waals surface area (Å²) in [5.41, 5.74) is 1.65. The van der Waals surface area contributed by atoms with Gasteiger partial charge in [0.05, 0.1) is 104 Å². The third-order valence-electron chi connectivity index (χ3n) is 20.5. The van der Waals surface area contributed by atoms with Crippen molar-refractivity contribution in [3.63, 3.8) is 0 Å². The molecule has 77 heavy (non-hydrogen) atoms. The molecular formula is C62H112O12Si3. The number of ether oxygens (including phenoxy) is 7. The van der Waals surface area contributed by atoms with Gasteiger partial charge in [0.1, 0.15) is 6.10 Å². The lowest BCUT2D eigenvalue weighted by molar-refractivity contribution is -0.252. The number of hydrogen-bond donors (Lipinski definition) is 2. The normalized spacial score (nSPS) is 34.4. The van der Waals surface area contributed by atoms with Crippen LogP contribution in [0.15, 0.2) is 49.6 Å². The van der Waals surface area contributed by atoms with E-state index in [1.54, 1.807) is 13.2 Å². The summed E-state index contributed by atoms with van der Waals surface area (Å²) in [6, 6.07) is 9.64. The molecule has 11 unspecified atom stereocenters. The molecule has 1 saturated carbocycles. The summed E-state index contributed by atoms with van der Waals surface area (Å²) < 4.78 is 69.5. The van der Waals surface area contributed by atoms with Gasteiger partial charge in [-0.15, -0.1) is 13.2 Å². The first-order chi connectivity index (χ1) is 36.9. The van der Waals surface area contributed by atoms with Gasteiger partial charge in [0.25, 0.3) is 0 Å². The molecule has 5 saturated heterocycles. The second kappa shape index (κ2) is 29.6. The van der Waals surface area contributed by atoms with Crippen LogP contribution in [0.2, 0.25) is 54.4 Å². The van der Waals surface area contributed by atoms with E-state index in [1.807, 2.05) is 6.08 Å². The Balaban J connectivity index is 1.09. The molecule has 0 radical (unpaired) electrons. The van der Waals surface area contributed by atoms with Crippen molar-refractivity contribution in [3.05, 3.63) is 49.6 Å². The smallest absolute Gasteiger partial charge is 0.192 e. The highest BCUT2D eigenvalue weighted by Crippen LogP contribution is 2.60. The van der Waals surface area contributed by atoms with Gasteiger partial charge < -0.3 is 56.6 Å². The van der Waals surface area contributed by atoms with Gasteiger partial charge in [0.15, 0.2) is 25.0 Å². The fourth-order valence-electron chi connectivity index (χ4n) is 14.3. The molecule has 444 valence electrons. The minimum atomic E-state index is -2.00. The summed E-state index contributed by atoms with van der Waals surface area (Å²) in [7, 11) is -4.08. The molecule has 15 heteroatoms. The number of fused-ring (bicyclic) bond motifs is 6. The summed E-state index contributed by atoms with van der Waals surface area (Å²) in [6.45, 7) is 43.2. The largest absolute Gasteiger partial charge is 0.414 e. The second-order valence-electron chi connectivity index (χ2n) is 24.8. The molecular weight excluding hydrogens is 1020 g/mol. The lowest BCUT2D eigenvalue weighted by Crippen LogP contribution is -2.59. The Morgan fingerprint density at radius 3 is 2.01 bits per heavy atom. The van der Waals surface area contributed by atoms with Gasteiger partial charge in [-0.3, -0.25) is 0 Å². The fraction of sp³-hybridized carbons (Fsp3) is 0.871. The molecule has 0 aromatic heterocycles. The number of aliphatic hydroxyl groups is 2. The van der Waals surface area contributed by atoms with Crippen molar-refractivity contribution in [1.82, 2.24) is 0 Å². The van der Waals surface area contributed by atoms with Crippen LogP contribution in [0.25, 0.3) is 0 Å². The third kappa shape index (κ3) is 15.9. The van der Waals surface area contributed by atoms with E-state index in [0.717, 1.165) is 85.7 Å². The maximum absolute atomic E-state index is 11.6. The van der Waals surface area contributed by atoms with Crippen LogP contribution in [0, 0.1) is 17.8 Å². The van der Waals surface area contributed by atoms with E-state index in [-0.39, 0.29) is 91.0 Å². The van der Waals surface area contributed by atoms with E-state index in [9.17, 15) is 10.2 Å². The van der Waals surface area contributed by atoms with Crippen molar-refractivity contribution in [3.8, 4) is 0 Å². The fourth-order valence-corrected chi connectivity index (χ4v) is 22.7. The first-order valence-electron chi connectivity index (χ1n) is 31.2. The van der Waals surface area contributed by atoms with E-state index in [1.165, 1.54) is 5.57 Å². The zero-order valence-corrected chi connectivity index (χ0v) is 53.6. The van der Waals surface area contributed by atoms with Crippen LogP contribution in [0.3, 0.4) is 0 Å². The highest BCUT2D eigenvalue weighted by atomic mass is 28.4. The molecule has 5 aliphatic heterocycles. The second-order valence-corrected chi connectivity index (χ2v) is 39.0. The van der Waals surface area contributed by atoms with Gasteiger partial charge in [0, 0.05) is 38.7 Å². The van der Waals surface area contributed by atoms with Crippen molar-refractivity contribution in [1.29, 1.82) is 0 Å². The van der Waals surface area contributed by atoms with Gasteiger partial charge >= 0.3 is 0 Å². The average Bonchev–Trinajstić information content (AvgIpc) is 3.94. The molecule has 6 aliphatic rings. The van der Waals surface area contributed by atoms with E-state index < -0.39 is 48.9 Å². The van der Waals surface area contributed by atoms with E-state index >= 15 is 0 Å². The predicted octanol–water partition coefficient (Wildman–Crippen LogP) is 13.2. The average molecular weight is 1130 g/mol. The molecule has 5 heterocycles.